The zero-order valence-corrected chi connectivity index (χ0v) is 14.0. The van der Waals surface area contributed by atoms with Crippen LogP contribution >= 0.6 is 0 Å². The highest BCUT2D eigenvalue weighted by molar-refractivity contribution is 5.94. The maximum Gasteiger partial charge on any atom is 0.287 e. The van der Waals surface area contributed by atoms with Crippen LogP contribution in [0.1, 0.15) is 15.9 Å². The first-order valence-electron chi connectivity index (χ1n) is 7.88. The van der Waals surface area contributed by atoms with E-state index in [1.807, 2.05) is 6.07 Å². The Morgan fingerprint density at radius 3 is 2.44 bits per heavy atom. The van der Waals surface area contributed by atoms with Gasteiger partial charge in [-0.3, -0.25) is 14.9 Å². The molecule has 0 saturated heterocycles. The summed E-state index contributed by atoms with van der Waals surface area (Å²) in [6.07, 6.45) is 2.64. The molecule has 0 aliphatic rings. The van der Waals surface area contributed by atoms with Crippen LogP contribution in [0.4, 0.5) is 5.69 Å². The van der Waals surface area contributed by atoms with Gasteiger partial charge in [0.25, 0.3) is 11.6 Å². The van der Waals surface area contributed by atoms with Gasteiger partial charge in [0.2, 0.25) is 5.88 Å². The number of amides is 1. The number of aromatic nitrogens is 1. The number of ether oxygens (including phenoxy) is 1. The lowest BCUT2D eigenvalue weighted by molar-refractivity contribution is -0.385. The molecule has 0 aliphatic heterocycles. The van der Waals surface area contributed by atoms with Gasteiger partial charge < -0.3 is 4.74 Å². The molecule has 0 saturated carbocycles. The largest absolute Gasteiger partial charge is 0.439 e. The van der Waals surface area contributed by atoms with Gasteiger partial charge in [0.1, 0.15) is 11.9 Å². The average molecular weight is 362 g/mol. The summed E-state index contributed by atoms with van der Waals surface area (Å²) in [4.78, 5) is 25.8. The molecule has 0 fully saturated rings. The molecular weight excluding hydrogens is 348 g/mol. The molecule has 1 heterocycles. The second-order valence-corrected chi connectivity index (χ2v) is 5.35. The van der Waals surface area contributed by atoms with E-state index in [1.165, 1.54) is 18.3 Å². The van der Waals surface area contributed by atoms with Crippen LogP contribution in [0.15, 0.2) is 78.0 Å². The van der Waals surface area contributed by atoms with Crippen LogP contribution in [-0.2, 0) is 0 Å². The highest BCUT2D eigenvalue weighted by Gasteiger charge is 2.06. The molecule has 0 bridgehead atoms. The fraction of sp³-hybridized carbons (Fsp3) is 0. The minimum atomic E-state index is -0.526. The van der Waals surface area contributed by atoms with Crippen LogP contribution in [0.5, 0.6) is 11.6 Å². The van der Waals surface area contributed by atoms with E-state index in [1.54, 1.807) is 48.5 Å². The van der Waals surface area contributed by atoms with E-state index in [4.69, 9.17) is 4.74 Å². The third kappa shape index (κ3) is 4.95. The summed E-state index contributed by atoms with van der Waals surface area (Å²) < 4.78 is 5.52. The Labute approximate surface area is 154 Å². The summed E-state index contributed by atoms with van der Waals surface area (Å²) in [6.45, 7) is 0. The van der Waals surface area contributed by atoms with E-state index in [9.17, 15) is 14.9 Å². The Bertz CT molecular complexity index is 955. The van der Waals surface area contributed by atoms with Gasteiger partial charge in [-0.05, 0) is 42.0 Å². The fourth-order valence-electron chi connectivity index (χ4n) is 2.10. The van der Waals surface area contributed by atoms with Crippen molar-refractivity contribution in [3.63, 3.8) is 0 Å². The van der Waals surface area contributed by atoms with Crippen LogP contribution in [0.25, 0.3) is 0 Å². The molecule has 0 radical (unpaired) electrons. The number of hydrogen-bond acceptors (Lipinski definition) is 6. The number of hydrazone groups is 1. The maximum atomic E-state index is 11.9. The van der Waals surface area contributed by atoms with Crippen molar-refractivity contribution in [2.45, 2.75) is 0 Å². The highest BCUT2D eigenvalue weighted by atomic mass is 16.6. The molecule has 1 aromatic heterocycles. The molecule has 8 nitrogen and oxygen atoms in total. The number of carbonyl (C=O) groups is 1. The minimum absolute atomic E-state index is 0.105. The van der Waals surface area contributed by atoms with Crippen molar-refractivity contribution in [1.82, 2.24) is 10.4 Å². The van der Waals surface area contributed by atoms with Crippen LogP contribution < -0.4 is 10.2 Å². The minimum Gasteiger partial charge on any atom is -0.439 e. The lowest BCUT2D eigenvalue weighted by atomic mass is 10.2. The van der Waals surface area contributed by atoms with Crippen LogP contribution in [0.2, 0.25) is 0 Å². The molecule has 8 heteroatoms. The van der Waals surface area contributed by atoms with E-state index in [-0.39, 0.29) is 17.5 Å². The van der Waals surface area contributed by atoms with E-state index in [0.717, 1.165) is 11.8 Å². The first-order valence-corrected chi connectivity index (χ1v) is 7.88. The second-order valence-electron chi connectivity index (χ2n) is 5.35. The highest BCUT2D eigenvalue weighted by Crippen LogP contribution is 2.21. The molecule has 0 spiro atoms. The number of nitro groups is 1. The first-order chi connectivity index (χ1) is 13.1. The standard InChI is InChI=1S/C19H14N4O4/c24-19(15-4-2-1-3-5-15)22-21-12-14-6-9-17(10-7-14)27-18-11-8-16(13-20-18)23(25)26/h1-13H,(H,22,24)/b21-12+. The van der Waals surface area contributed by atoms with Gasteiger partial charge in [-0.25, -0.2) is 10.4 Å². The molecular formula is C19H14N4O4. The van der Waals surface area contributed by atoms with Crippen LogP contribution in [0.3, 0.4) is 0 Å². The predicted octanol–water partition coefficient (Wildman–Crippen LogP) is 3.55. The Kier molecular flexibility index (Phi) is 5.48. The molecule has 1 N–H and O–H groups in total. The first kappa shape index (κ1) is 17.7. The van der Waals surface area contributed by atoms with Crippen molar-refractivity contribution in [1.29, 1.82) is 0 Å². The Morgan fingerprint density at radius 2 is 1.81 bits per heavy atom. The molecule has 27 heavy (non-hydrogen) atoms. The molecule has 2 aromatic carbocycles. The summed E-state index contributed by atoms with van der Waals surface area (Å²) in [5, 5.41) is 14.5. The van der Waals surface area contributed by atoms with E-state index in [0.29, 0.717) is 11.3 Å². The van der Waals surface area contributed by atoms with Crippen molar-refractivity contribution in [2.24, 2.45) is 5.10 Å². The normalized spacial score (nSPS) is 10.5. The number of rotatable bonds is 6. The number of pyridine rings is 1. The summed E-state index contributed by atoms with van der Waals surface area (Å²) in [5.74, 6) is 0.468. The summed E-state index contributed by atoms with van der Waals surface area (Å²) in [5.41, 5.74) is 3.62. The second kappa shape index (κ2) is 8.34. The topological polar surface area (TPSA) is 107 Å². The third-order valence-corrected chi connectivity index (χ3v) is 3.45. The van der Waals surface area contributed by atoms with Gasteiger partial charge in [-0.15, -0.1) is 0 Å². The smallest absolute Gasteiger partial charge is 0.287 e. The molecule has 3 rings (SSSR count). The van der Waals surface area contributed by atoms with Gasteiger partial charge in [-0.2, -0.15) is 5.10 Å². The number of benzene rings is 2. The van der Waals surface area contributed by atoms with Gasteiger partial charge >= 0.3 is 0 Å². The van der Waals surface area contributed by atoms with Crippen molar-refractivity contribution in [3.8, 4) is 11.6 Å². The predicted molar refractivity (Wildman–Crippen MR) is 98.9 cm³/mol. The molecule has 134 valence electrons. The molecule has 1 amide bonds. The van der Waals surface area contributed by atoms with Crippen molar-refractivity contribution >= 4 is 17.8 Å². The Balaban J connectivity index is 1.56. The van der Waals surface area contributed by atoms with Crippen molar-refractivity contribution in [2.75, 3.05) is 0 Å². The third-order valence-electron chi connectivity index (χ3n) is 3.45. The van der Waals surface area contributed by atoms with Crippen molar-refractivity contribution in [3.05, 3.63) is 94.2 Å². The number of nitrogens with zero attached hydrogens (tertiary/aromatic N) is 3. The Hall–Kier alpha value is -4.07. The molecule has 3 aromatic rings. The monoisotopic (exact) mass is 362 g/mol. The van der Waals surface area contributed by atoms with Gasteiger partial charge in [0.15, 0.2) is 0 Å². The summed E-state index contributed by atoms with van der Waals surface area (Å²) in [7, 11) is 0. The van der Waals surface area contributed by atoms with E-state index >= 15 is 0 Å². The fourth-order valence-corrected chi connectivity index (χ4v) is 2.10. The lowest BCUT2D eigenvalue weighted by Crippen LogP contribution is -2.17. The van der Waals surface area contributed by atoms with E-state index < -0.39 is 4.92 Å². The molecule has 0 aliphatic carbocycles. The summed E-state index contributed by atoms with van der Waals surface area (Å²) in [6, 6.07) is 18.4. The maximum absolute atomic E-state index is 11.9. The van der Waals surface area contributed by atoms with E-state index in [2.05, 4.69) is 15.5 Å². The molecule has 0 unspecified atom stereocenters. The quantitative estimate of drug-likeness (QED) is 0.410. The lowest BCUT2D eigenvalue weighted by Gasteiger charge is -2.04. The van der Waals surface area contributed by atoms with Crippen LogP contribution in [-0.4, -0.2) is 22.0 Å². The SMILES string of the molecule is O=C(N/N=C/c1ccc(Oc2ccc([N+](=O)[O-])cn2)cc1)c1ccccc1. The summed E-state index contributed by atoms with van der Waals surface area (Å²) >= 11 is 0. The van der Waals surface area contributed by atoms with Gasteiger partial charge in [-0.1, -0.05) is 18.2 Å². The number of carbonyl (C=O) groups excluding carboxylic acids is 1. The zero-order valence-electron chi connectivity index (χ0n) is 14.0. The molecule has 0 atom stereocenters. The number of hydrogen-bond donors (Lipinski definition) is 1. The zero-order chi connectivity index (χ0) is 19.1. The van der Waals surface area contributed by atoms with Gasteiger partial charge in [0.05, 0.1) is 11.1 Å². The number of nitrogens with one attached hydrogen (secondary N) is 1. The average Bonchev–Trinajstić information content (AvgIpc) is 2.70. The van der Waals surface area contributed by atoms with Crippen LogP contribution in [0, 0.1) is 10.1 Å². The van der Waals surface area contributed by atoms with Crippen molar-refractivity contribution < 1.29 is 14.5 Å². The Morgan fingerprint density at radius 1 is 1.07 bits per heavy atom. The van der Waals surface area contributed by atoms with Gasteiger partial charge in [0, 0.05) is 17.7 Å².